The Morgan fingerprint density at radius 2 is 2.05 bits per heavy atom. The van der Waals surface area contributed by atoms with E-state index in [9.17, 15) is 9.59 Å². The minimum Gasteiger partial charge on any atom is -0.481 e. The Morgan fingerprint density at radius 3 is 2.62 bits per heavy atom. The van der Waals surface area contributed by atoms with E-state index in [4.69, 9.17) is 9.84 Å². The van der Waals surface area contributed by atoms with E-state index in [0.29, 0.717) is 11.8 Å². The number of nitrogens with one attached hydrogen (secondary N) is 1. The van der Waals surface area contributed by atoms with Crippen molar-refractivity contribution in [2.24, 2.45) is 11.8 Å². The number of likely N-dealkylation sites (tertiary alicyclic amines) is 1. The number of hydrogen-bond acceptors (Lipinski definition) is 3. The summed E-state index contributed by atoms with van der Waals surface area (Å²) in [6.07, 6.45) is 3.78. The van der Waals surface area contributed by atoms with E-state index in [2.05, 4.69) is 5.32 Å². The fourth-order valence-corrected chi connectivity index (χ4v) is 3.10. The highest BCUT2D eigenvalue weighted by Gasteiger charge is 2.27. The second kappa shape index (κ2) is 7.64. The van der Waals surface area contributed by atoms with Crippen molar-refractivity contribution < 1.29 is 19.4 Å². The second-order valence-corrected chi connectivity index (χ2v) is 6.22. The Balaban J connectivity index is 1.68. The predicted molar refractivity (Wildman–Crippen MR) is 78.1 cm³/mol. The highest BCUT2D eigenvalue weighted by atomic mass is 16.5. The van der Waals surface area contributed by atoms with Gasteiger partial charge in [-0.2, -0.15) is 0 Å². The van der Waals surface area contributed by atoms with E-state index in [0.717, 1.165) is 52.0 Å². The molecule has 2 unspecified atom stereocenters. The number of ether oxygens (including phenoxy) is 1. The van der Waals surface area contributed by atoms with Crippen LogP contribution in [0.3, 0.4) is 0 Å². The third-order valence-electron chi connectivity index (χ3n) is 4.69. The van der Waals surface area contributed by atoms with Crippen LogP contribution >= 0.6 is 0 Å². The molecule has 2 N–H and O–H groups in total. The average molecular weight is 298 g/mol. The first-order valence-electron chi connectivity index (χ1n) is 7.91. The summed E-state index contributed by atoms with van der Waals surface area (Å²) in [7, 11) is 0. The van der Waals surface area contributed by atoms with Crippen LogP contribution in [-0.2, 0) is 9.53 Å². The Hall–Kier alpha value is -1.30. The molecule has 2 atom stereocenters. The second-order valence-electron chi connectivity index (χ2n) is 6.22. The molecule has 2 fully saturated rings. The molecule has 2 heterocycles. The van der Waals surface area contributed by atoms with Crippen molar-refractivity contribution in [1.29, 1.82) is 0 Å². The van der Waals surface area contributed by atoms with Crippen LogP contribution in [-0.4, -0.2) is 54.4 Å². The van der Waals surface area contributed by atoms with Gasteiger partial charge in [-0.25, -0.2) is 4.79 Å². The van der Waals surface area contributed by atoms with E-state index in [1.807, 2.05) is 11.8 Å². The number of hydrogen-bond donors (Lipinski definition) is 2. The minimum atomic E-state index is -0.734. The van der Waals surface area contributed by atoms with Gasteiger partial charge in [0.05, 0.1) is 6.61 Å². The number of piperidine rings is 1. The summed E-state index contributed by atoms with van der Waals surface area (Å²) in [5.41, 5.74) is 0. The third kappa shape index (κ3) is 4.88. The van der Waals surface area contributed by atoms with Gasteiger partial charge in [0, 0.05) is 38.1 Å². The van der Waals surface area contributed by atoms with Gasteiger partial charge in [0.15, 0.2) is 0 Å². The summed E-state index contributed by atoms with van der Waals surface area (Å²) in [5, 5.41) is 11.8. The topological polar surface area (TPSA) is 78.9 Å². The molecule has 2 saturated heterocycles. The maximum atomic E-state index is 12.2. The SMILES string of the molecule is CC(NC(=O)N1CCC(CCC(=O)O)CC1)C1CCOC1. The number of urea groups is 1. The molecule has 2 amide bonds. The van der Waals surface area contributed by atoms with Crippen LogP contribution in [0.1, 0.15) is 39.0 Å². The number of rotatable bonds is 5. The molecule has 0 aromatic carbocycles. The van der Waals surface area contributed by atoms with Gasteiger partial charge < -0.3 is 20.1 Å². The molecular formula is C15H26N2O4. The van der Waals surface area contributed by atoms with Gasteiger partial charge in [-0.3, -0.25) is 4.79 Å². The van der Waals surface area contributed by atoms with Crippen molar-refractivity contribution in [2.75, 3.05) is 26.3 Å². The molecule has 0 aliphatic carbocycles. The summed E-state index contributed by atoms with van der Waals surface area (Å²) in [6.45, 7) is 5.02. The summed E-state index contributed by atoms with van der Waals surface area (Å²) in [4.78, 5) is 24.6. The van der Waals surface area contributed by atoms with Gasteiger partial charge in [-0.05, 0) is 38.5 Å². The minimum absolute atomic E-state index is 0.00563. The van der Waals surface area contributed by atoms with E-state index in [-0.39, 0.29) is 18.5 Å². The first-order valence-corrected chi connectivity index (χ1v) is 7.91. The quantitative estimate of drug-likeness (QED) is 0.809. The Kier molecular flexibility index (Phi) is 5.85. The molecule has 0 spiro atoms. The molecular weight excluding hydrogens is 272 g/mol. The molecule has 6 nitrogen and oxygen atoms in total. The lowest BCUT2D eigenvalue weighted by molar-refractivity contribution is -0.137. The first kappa shape index (κ1) is 16.1. The Bertz CT molecular complexity index is 361. The number of amides is 2. The molecule has 0 aromatic rings. The Labute approximate surface area is 125 Å². The van der Waals surface area contributed by atoms with E-state index in [1.165, 1.54) is 0 Å². The molecule has 2 aliphatic heterocycles. The summed E-state index contributed by atoms with van der Waals surface area (Å²) in [6, 6.07) is 0.149. The molecule has 2 aliphatic rings. The van der Waals surface area contributed by atoms with E-state index in [1.54, 1.807) is 0 Å². The molecule has 21 heavy (non-hydrogen) atoms. The number of nitrogens with zero attached hydrogens (tertiary/aromatic N) is 1. The lowest BCUT2D eigenvalue weighted by Crippen LogP contribution is -2.49. The number of carbonyl (C=O) groups is 2. The van der Waals surface area contributed by atoms with Crippen molar-refractivity contribution in [3.63, 3.8) is 0 Å². The van der Waals surface area contributed by atoms with Crippen molar-refractivity contribution in [2.45, 2.75) is 45.1 Å². The third-order valence-corrected chi connectivity index (χ3v) is 4.69. The summed E-state index contributed by atoms with van der Waals surface area (Å²) >= 11 is 0. The number of aliphatic carboxylic acids is 1. The van der Waals surface area contributed by atoms with Gasteiger partial charge in [-0.1, -0.05) is 0 Å². The van der Waals surface area contributed by atoms with Crippen LogP contribution < -0.4 is 5.32 Å². The smallest absolute Gasteiger partial charge is 0.317 e. The summed E-state index contributed by atoms with van der Waals surface area (Å²) in [5.74, 6) is 0.121. The lowest BCUT2D eigenvalue weighted by atomic mass is 9.92. The molecule has 0 saturated carbocycles. The molecule has 0 radical (unpaired) electrons. The van der Waals surface area contributed by atoms with Gasteiger partial charge in [0.2, 0.25) is 0 Å². The normalized spacial score (nSPS) is 24.8. The van der Waals surface area contributed by atoms with Crippen LogP contribution in [0.25, 0.3) is 0 Å². The van der Waals surface area contributed by atoms with E-state index >= 15 is 0 Å². The van der Waals surface area contributed by atoms with Crippen LogP contribution in [0.4, 0.5) is 4.79 Å². The predicted octanol–water partition coefficient (Wildman–Crippen LogP) is 1.70. The zero-order valence-corrected chi connectivity index (χ0v) is 12.7. The zero-order chi connectivity index (χ0) is 15.2. The lowest BCUT2D eigenvalue weighted by Gasteiger charge is -2.33. The van der Waals surface area contributed by atoms with Crippen LogP contribution in [0.15, 0.2) is 0 Å². The van der Waals surface area contributed by atoms with E-state index < -0.39 is 5.97 Å². The monoisotopic (exact) mass is 298 g/mol. The zero-order valence-electron chi connectivity index (χ0n) is 12.7. The first-order chi connectivity index (χ1) is 10.1. The van der Waals surface area contributed by atoms with Crippen molar-refractivity contribution in [3.05, 3.63) is 0 Å². The van der Waals surface area contributed by atoms with Crippen molar-refractivity contribution in [3.8, 4) is 0 Å². The molecule has 6 heteroatoms. The van der Waals surface area contributed by atoms with Crippen LogP contribution in [0.2, 0.25) is 0 Å². The van der Waals surface area contributed by atoms with Gasteiger partial charge >= 0.3 is 12.0 Å². The van der Waals surface area contributed by atoms with Gasteiger partial charge in [-0.15, -0.1) is 0 Å². The van der Waals surface area contributed by atoms with Crippen LogP contribution in [0.5, 0.6) is 0 Å². The number of carbonyl (C=O) groups excluding carboxylic acids is 1. The molecule has 0 aromatic heterocycles. The average Bonchev–Trinajstić information content (AvgIpc) is 3.00. The standard InChI is InChI=1S/C15H26N2O4/c1-11(13-6-9-21-10-13)16-15(20)17-7-4-12(5-8-17)2-3-14(18)19/h11-13H,2-10H2,1H3,(H,16,20)(H,18,19). The molecule has 0 bridgehead atoms. The molecule has 2 rings (SSSR count). The van der Waals surface area contributed by atoms with Crippen LogP contribution in [0, 0.1) is 11.8 Å². The highest BCUT2D eigenvalue weighted by molar-refractivity contribution is 5.74. The fraction of sp³-hybridized carbons (Fsp3) is 0.867. The summed E-state index contributed by atoms with van der Waals surface area (Å²) < 4.78 is 5.35. The number of carboxylic acid groups (broad SMARTS) is 1. The molecule has 120 valence electrons. The Morgan fingerprint density at radius 1 is 1.33 bits per heavy atom. The maximum absolute atomic E-state index is 12.2. The number of carboxylic acids is 1. The highest BCUT2D eigenvalue weighted by Crippen LogP contribution is 2.22. The largest absolute Gasteiger partial charge is 0.481 e. The van der Waals surface area contributed by atoms with Crippen molar-refractivity contribution in [1.82, 2.24) is 10.2 Å². The van der Waals surface area contributed by atoms with Gasteiger partial charge in [0.1, 0.15) is 0 Å². The maximum Gasteiger partial charge on any atom is 0.317 e. The fourth-order valence-electron chi connectivity index (χ4n) is 3.10. The van der Waals surface area contributed by atoms with Gasteiger partial charge in [0.25, 0.3) is 0 Å². The van der Waals surface area contributed by atoms with Crippen molar-refractivity contribution >= 4 is 12.0 Å².